The van der Waals surface area contributed by atoms with Crippen LogP contribution < -0.4 is 10.1 Å². The molecule has 1 heterocycles. The van der Waals surface area contributed by atoms with Gasteiger partial charge in [0, 0.05) is 12.1 Å². The second kappa shape index (κ2) is 9.06. The van der Waals surface area contributed by atoms with Crippen LogP contribution in [0.2, 0.25) is 0 Å². The number of rotatable bonds is 7. The van der Waals surface area contributed by atoms with E-state index < -0.39 is 23.8 Å². The Kier molecular flexibility index (Phi) is 6.50. The van der Waals surface area contributed by atoms with Gasteiger partial charge in [0.2, 0.25) is 0 Å². The van der Waals surface area contributed by atoms with E-state index in [9.17, 15) is 23.1 Å². The molecule has 3 aromatic rings. The number of amides is 1. The molecule has 0 aliphatic heterocycles. The number of benzene rings is 2. The van der Waals surface area contributed by atoms with E-state index in [4.69, 9.17) is 4.74 Å². The first kappa shape index (κ1) is 20.8. The highest BCUT2D eigenvalue weighted by Crippen LogP contribution is 2.31. The number of ether oxygens (including phenoxy) is 1. The molecule has 0 aliphatic rings. The van der Waals surface area contributed by atoms with E-state index in [0.29, 0.717) is 9.88 Å². The first-order valence-corrected chi connectivity index (χ1v) is 9.42. The third-order valence-corrected chi connectivity index (χ3v) is 4.90. The molecule has 1 amide bonds. The minimum atomic E-state index is -4.47. The average Bonchev–Trinajstić information content (AvgIpc) is 3.21. The first-order chi connectivity index (χ1) is 13.8. The van der Waals surface area contributed by atoms with Crippen LogP contribution in [-0.4, -0.2) is 35.3 Å². The number of thiazole rings is 1. The molecule has 0 fully saturated rings. The summed E-state index contributed by atoms with van der Waals surface area (Å²) in [5.74, 6) is -0.414. The van der Waals surface area contributed by atoms with E-state index >= 15 is 0 Å². The molecule has 0 spiro atoms. The SMILES string of the molecule is O=C(NCC(O)COc1cccc(C(F)(F)F)c1)c1cnc(-c2ccccc2)s1. The molecule has 9 heteroatoms. The van der Waals surface area contributed by atoms with Crippen LogP contribution in [0.15, 0.2) is 60.8 Å². The number of carbonyl (C=O) groups excluding carboxylic acids is 1. The fraction of sp³-hybridized carbons (Fsp3) is 0.200. The minimum absolute atomic E-state index is 0.0137. The number of aromatic nitrogens is 1. The third-order valence-electron chi connectivity index (χ3n) is 3.85. The van der Waals surface area contributed by atoms with E-state index in [-0.39, 0.29) is 18.9 Å². The van der Waals surface area contributed by atoms with E-state index in [1.54, 1.807) is 0 Å². The van der Waals surface area contributed by atoms with Gasteiger partial charge in [-0.3, -0.25) is 4.79 Å². The molecule has 152 valence electrons. The third kappa shape index (κ3) is 5.78. The highest BCUT2D eigenvalue weighted by molar-refractivity contribution is 7.16. The summed E-state index contributed by atoms with van der Waals surface area (Å²) in [6.45, 7) is -0.379. The number of hydrogen-bond acceptors (Lipinski definition) is 5. The molecule has 2 N–H and O–H groups in total. The minimum Gasteiger partial charge on any atom is -0.491 e. The predicted octanol–water partition coefficient (Wildman–Crippen LogP) is 4.00. The standard InChI is InChI=1S/C20H17F3N2O3S/c21-20(22,23)14-7-4-8-16(9-14)28-12-15(26)10-24-18(27)17-11-25-19(29-17)13-5-2-1-3-6-13/h1-9,11,15,26H,10,12H2,(H,24,27). The summed E-state index contributed by atoms with van der Waals surface area (Å²) in [7, 11) is 0. The predicted molar refractivity (Wildman–Crippen MR) is 103 cm³/mol. The Morgan fingerprint density at radius 2 is 1.93 bits per heavy atom. The molecule has 0 radical (unpaired) electrons. The Bertz CT molecular complexity index is 961. The van der Waals surface area contributed by atoms with Crippen LogP contribution in [0.25, 0.3) is 10.6 Å². The fourth-order valence-electron chi connectivity index (χ4n) is 2.40. The van der Waals surface area contributed by atoms with E-state index in [1.165, 1.54) is 29.7 Å². The Labute approximate surface area is 168 Å². The topological polar surface area (TPSA) is 71.5 Å². The average molecular weight is 422 g/mol. The summed E-state index contributed by atoms with van der Waals surface area (Å²) >= 11 is 1.22. The summed E-state index contributed by atoms with van der Waals surface area (Å²) in [4.78, 5) is 16.8. The molecule has 3 rings (SSSR count). The summed E-state index contributed by atoms with van der Waals surface area (Å²) in [5.41, 5.74) is 0.0586. The molecule has 29 heavy (non-hydrogen) atoms. The van der Waals surface area contributed by atoms with Crippen molar-refractivity contribution < 1.29 is 27.8 Å². The zero-order chi connectivity index (χ0) is 20.9. The van der Waals surface area contributed by atoms with E-state index in [1.807, 2.05) is 30.3 Å². The number of carbonyl (C=O) groups is 1. The number of nitrogens with one attached hydrogen (secondary N) is 1. The van der Waals surface area contributed by atoms with Crippen molar-refractivity contribution in [1.82, 2.24) is 10.3 Å². The van der Waals surface area contributed by atoms with Crippen LogP contribution in [0.4, 0.5) is 13.2 Å². The molecule has 5 nitrogen and oxygen atoms in total. The molecule has 0 saturated heterocycles. The van der Waals surface area contributed by atoms with Crippen molar-refractivity contribution in [3.05, 3.63) is 71.2 Å². The van der Waals surface area contributed by atoms with Gasteiger partial charge < -0.3 is 15.2 Å². The molecular formula is C20H17F3N2O3S. The molecule has 1 aromatic heterocycles. The lowest BCUT2D eigenvalue weighted by Gasteiger charge is -2.14. The van der Waals surface area contributed by atoms with Gasteiger partial charge in [0.1, 0.15) is 28.3 Å². The number of nitrogens with zero attached hydrogens (tertiary/aromatic N) is 1. The lowest BCUT2D eigenvalue weighted by molar-refractivity contribution is -0.137. The summed E-state index contributed by atoms with van der Waals surface area (Å²) in [6, 6.07) is 13.8. The van der Waals surface area contributed by atoms with Crippen LogP contribution in [0.3, 0.4) is 0 Å². The van der Waals surface area contributed by atoms with Crippen molar-refractivity contribution in [1.29, 1.82) is 0 Å². The van der Waals surface area contributed by atoms with Crippen LogP contribution in [0.1, 0.15) is 15.2 Å². The Morgan fingerprint density at radius 3 is 2.66 bits per heavy atom. The normalized spacial score (nSPS) is 12.4. The smallest absolute Gasteiger partial charge is 0.416 e. The highest BCUT2D eigenvalue weighted by Gasteiger charge is 2.30. The van der Waals surface area contributed by atoms with Crippen molar-refractivity contribution >= 4 is 17.2 Å². The zero-order valence-corrected chi connectivity index (χ0v) is 15.8. The molecule has 0 bridgehead atoms. The second-order valence-corrected chi connectivity index (χ2v) is 7.13. The van der Waals surface area contributed by atoms with Gasteiger partial charge in [0.15, 0.2) is 0 Å². The Hall–Kier alpha value is -2.91. The molecule has 1 unspecified atom stereocenters. The summed E-state index contributed by atoms with van der Waals surface area (Å²) in [5, 5.41) is 13.2. The molecule has 0 aliphatic carbocycles. The molecule has 0 saturated carbocycles. The largest absolute Gasteiger partial charge is 0.491 e. The Morgan fingerprint density at radius 1 is 1.17 bits per heavy atom. The maximum absolute atomic E-state index is 12.7. The van der Waals surface area contributed by atoms with Gasteiger partial charge in [-0.25, -0.2) is 4.98 Å². The van der Waals surface area contributed by atoms with Crippen LogP contribution in [0.5, 0.6) is 5.75 Å². The van der Waals surface area contributed by atoms with Gasteiger partial charge in [0.05, 0.1) is 11.8 Å². The second-order valence-electron chi connectivity index (χ2n) is 6.10. The number of aliphatic hydroxyl groups is 1. The quantitative estimate of drug-likeness (QED) is 0.604. The lowest BCUT2D eigenvalue weighted by Crippen LogP contribution is -2.35. The monoisotopic (exact) mass is 422 g/mol. The number of hydrogen-bond donors (Lipinski definition) is 2. The molecule has 2 aromatic carbocycles. The van der Waals surface area contributed by atoms with E-state index in [2.05, 4.69) is 10.3 Å². The lowest BCUT2D eigenvalue weighted by atomic mass is 10.2. The van der Waals surface area contributed by atoms with Gasteiger partial charge in [-0.05, 0) is 18.2 Å². The summed E-state index contributed by atoms with van der Waals surface area (Å²) in [6.07, 6.45) is -4.11. The zero-order valence-electron chi connectivity index (χ0n) is 15.0. The first-order valence-electron chi connectivity index (χ1n) is 8.60. The van der Waals surface area contributed by atoms with Crippen LogP contribution in [-0.2, 0) is 6.18 Å². The van der Waals surface area contributed by atoms with Gasteiger partial charge >= 0.3 is 6.18 Å². The van der Waals surface area contributed by atoms with Crippen LogP contribution >= 0.6 is 11.3 Å². The molecule has 1 atom stereocenters. The van der Waals surface area contributed by atoms with Crippen molar-refractivity contribution in [2.45, 2.75) is 12.3 Å². The van der Waals surface area contributed by atoms with Crippen LogP contribution in [0, 0.1) is 0 Å². The number of alkyl halides is 3. The van der Waals surface area contributed by atoms with E-state index in [0.717, 1.165) is 17.7 Å². The fourth-order valence-corrected chi connectivity index (χ4v) is 3.24. The van der Waals surface area contributed by atoms with Crippen molar-refractivity contribution in [3.63, 3.8) is 0 Å². The van der Waals surface area contributed by atoms with Gasteiger partial charge in [-0.1, -0.05) is 36.4 Å². The van der Waals surface area contributed by atoms with Crippen molar-refractivity contribution in [3.8, 4) is 16.3 Å². The number of halogens is 3. The Balaban J connectivity index is 1.49. The van der Waals surface area contributed by atoms with Gasteiger partial charge in [-0.2, -0.15) is 13.2 Å². The molecular weight excluding hydrogens is 405 g/mol. The summed E-state index contributed by atoms with van der Waals surface area (Å²) < 4.78 is 43.3. The number of aliphatic hydroxyl groups excluding tert-OH is 1. The van der Waals surface area contributed by atoms with Crippen molar-refractivity contribution in [2.75, 3.05) is 13.2 Å². The maximum Gasteiger partial charge on any atom is 0.416 e. The van der Waals surface area contributed by atoms with Gasteiger partial charge in [-0.15, -0.1) is 11.3 Å². The van der Waals surface area contributed by atoms with Crippen molar-refractivity contribution in [2.24, 2.45) is 0 Å². The van der Waals surface area contributed by atoms with Gasteiger partial charge in [0.25, 0.3) is 5.91 Å². The maximum atomic E-state index is 12.7. The highest BCUT2D eigenvalue weighted by atomic mass is 32.1.